The summed E-state index contributed by atoms with van der Waals surface area (Å²) in [5.74, 6) is 1.06. The van der Waals surface area contributed by atoms with Crippen molar-refractivity contribution in [2.75, 3.05) is 5.32 Å². The third-order valence-corrected chi connectivity index (χ3v) is 4.37. The largest absolute Gasteiger partial charge is 0.459 e. The van der Waals surface area contributed by atoms with Gasteiger partial charge < -0.3 is 14.2 Å². The zero-order chi connectivity index (χ0) is 17.9. The molecule has 0 aliphatic rings. The monoisotopic (exact) mass is 457 g/mol. The van der Waals surface area contributed by atoms with E-state index in [-0.39, 0.29) is 5.91 Å². The number of hydrogen-bond acceptors (Lipinski definition) is 5. The van der Waals surface area contributed by atoms with Crippen molar-refractivity contribution in [1.82, 2.24) is 10.2 Å². The molecule has 7 heteroatoms. The van der Waals surface area contributed by atoms with Crippen LogP contribution in [-0.4, -0.2) is 16.1 Å². The Morgan fingerprint density at radius 1 is 0.923 bits per heavy atom. The number of rotatable bonds is 4. The quantitative estimate of drug-likeness (QED) is 0.443. The second-order valence-electron chi connectivity index (χ2n) is 5.43. The smallest absolute Gasteiger partial charge is 0.283 e. The lowest BCUT2D eigenvalue weighted by Crippen LogP contribution is -2.11. The predicted molar refractivity (Wildman–Crippen MR) is 105 cm³/mol. The maximum Gasteiger partial charge on any atom is 0.283 e. The van der Waals surface area contributed by atoms with Gasteiger partial charge in [-0.2, -0.15) is 0 Å². The van der Waals surface area contributed by atoms with E-state index >= 15 is 0 Å². The van der Waals surface area contributed by atoms with Crippen molar-refractivity contribution in [3.63, 3.8) is 0 Å². The van der Waals surface area contributed by atoms with E-state index in [0.29, 0.717) is 28.8 Å². The summed E-state index contributed by atoms with van der Waals surface area (Å²) in [4.78, 5) is 12.3. The van der Waals surface area contributed by atoms with Crippen LogP contribution in [0, 0.1) is 3.57 Å². The second kappa shape index (κ2) is 7.12. The lowest BCUT2D eigenvalue weighted by Gasteiger charge is -2.05. The molecule has 1 N–H and O–H groups in total. The van der Waals surface area contributed by atoms with Gasteiger partial charge in [0.1, 0.15) is 0 Å². The minimum Gasteiger partial charge on any atom is -0.459 e. The molecule has 26 heavy (non-hydrogen) atoms. The first-order valence-corrected chi connectivity index (χ1v) is 8.82. The number of aromatic nitrogens is 2. The van der Waals surface area contributed by atoms with E-state index in [9.17, 15) is 4.79 Å². The van der Waals surface area contributed by atoms with E-state index in [4.69, 9.17) is 8.83 Å². The third-order valence-electron chi connectivity index (χ3n) is 3.65. The molecular formula is C19H12IN3O3. The highest BCUT2D eigenvalue weighted by molar-refractivity contribution is 14.1. The number of furan rings is 1. The number of benzene rings is 2. The SMILES string of the molecule is O=C(Nc1ccc(-c2nnc(-c3ccco3)o2)cc1)c1ccc(I)cc1. The molecule has 6 nitrogen and oxygen atoms in total. The first kappa shape index (κ1) is 16.5. The average molecular weight is 457 g/mol. The van der Waals surface area contributed by atoms with Gasteiger partial charge in [0.05, 0.1) is 6.26 Å². The van der Waals surface area contributed by atoms with Gasteiger partial charge in [0, 0.05) is 20.4 Å². The maximum atomic E-state index is 12.3. The molecule has 0 saturated carbocycles. The first-order chi connectivity index (χ1) is 12.7. The molecule has 0 aliphatic carbocycles. The average Bonchev–Trinajstić information content (AvgIpc) is 3.34. The van der Waals surface area contributed by atoms with Crippen LogP contribution >= 0.6 is 22.6 Å². The van der Waals surface area contributed by atoms with Gasteiger partial charge in [-0.3, -0.25) is 4.79 Å². The Morgan fingerprint density at radius 2 is 1.65 bits per heavy atom. The predicted octanol–water partition coefficient (Wildman–Crippen LogP) is 4.85. The van der Waals surface area contributed by atoms with Gasteiger partial charge in [-0.1, -0.05) is 0 Å². The van der Waals surface area contributed by atoms with Crippen LogP contribution in [0.25, 0.3) is 23.1 Å². The standard InChI is InChI=1S/C19H12IN3O3/c20-14-7-3-12(4-8-14)17(24)21-15-9-5-13(6-10-15)18-22-23-19(26-18)16-2-1-11-25-16/h1-11H,(H,21,24). The molecule has 2 aromatic heterocycles. The van der Waals surface area contributed by atoms with Gasteiger partial charge in [-0.15, -0.1) is 10.2 Å². The Morgan fingerprint density at radius 3 is 2.35 bits per heavy atom. The fourth-order valence-electron chi connectivity index (χ4n) is 2.34. The van der Waals surface area contributed by atoms with Gasteiger partial charge in [-0.25, -0.2) is 0 Å². The Bertz CT molecular complexity index is 1020. The van der Waals surface area contributed by atoms with Crippen LogP contribution in [0.4, 0.5) is 5.69 Å². The number of anilines is 1. The Labute approximate surface area is 162 Å². The summed E-state index contributed by atoms with van der Waals surface area (Å²) >= 11 is 2.20. The van der Waals surface area contributed by atoms with Gasteiger partial charge in [-0.05, 0) is 83.3 Å². The minimum atomic E-state index is -0.160. The van der Waals surface area contributed by atoms with E-state index in [1.54, 1.807) is 42.7 Å². The fraction of sp³-hybridized carbons (Fsp3) is 0. The summed E-state index contributed by atoms with van der Waals surface area (Å²) in [6.07, 6.45) is 1.55. The van der Waals surface area contributed by atoms with Crippen molar-refractivity contribution in [3.8, 4) is 23.1 Å². The molecule has 0 unspecified atom stereocenters. The lowest BCUT2D eigenvalue weighted by atomic mass is 10.2. The molecule has 0 saturated heterocycles. The summed E-state index contributed by atoms with van der Waals surface area (Å²) in [5.41, 5.74) is 2.04. The van der Waals surface area contributed by atoms with Crippen molar-refractivity contribution >= 4 is 34.2 Å². The minimum absolute atomic E-state index is 0.160. The molecule has 2 aromatic carbocycles. The summed E-state index contributed by atoms with van der Waals surface area (Å²) in [6.45, 7) is 0. The third kappa shape index (κ3) is 3.52. The van der Waals surface area contributed by atoms with Crippen LogP contribution in [0.1, 0.15) is 10.4 Å². The number of nitrogens with zero attached hydrogens (tertiary/aromatic N) is 2. The highest BCUT2D eigenvalue weighted by Gasteiger charge is 2.12. The van der Waals surface area contributed by atoms with E-state index in [0.717, 1.165) is 9.13 Å². The maximum absolute atomic E-state index is 12.3. The molecule has 1 amide bonds. The lowest BCUT2D eigenvalue weighted by molar-refractivity contribution is 0.102. The summed E-state index contributed by atoms with van der Waals surface area (Å²) in [6, 6.07) is 18.1. The van der Waals surface area contributed by atoms with Crippen LogP contribution in [-0.2, 0) is 0 Å². The topological polar surface area (TPSA) is 81.2 Å². The van der Waals surface area contributed by atoms with E-state index in [1.165, 1.54) is 0 Å². The molecule has 0 bridgehead atoms. The molecule has 0 spiro atoms. The molecule has 0 aliphatic heterocycles. The van der Waals surface area contributed by atoms with Crippen LogP contribution in [0.3, 0.4) is 0 Å². The Balaban J connectivity index is 1.48. The number of hydrogen-bond donors (Lipinski definition) is 1. The highest BCUT2D eigenvalue weighted by atomic mass is 127. The molecule has 0 fully saturated rings. The van der Waals surface area contributed by atoms with Crippen LogP contribution < -0.4 is 5.32 Å². The molecule has 4 aromatic rings. The van der Waals surface area contributed by atoms with Crippen LogP contribution in [0.2, 0.25) is 0 Å². The van der Waals surface area contributed by atoms with Crippen molar-refractivity contribution in [1.29, 1.82) is 0 Å². The Hall–Kier alpha value is -2.94. The summed E-state index contributed by atoms with van der Waals surface area (Å²) in [5, 5.41) is 10.9. The zero-order valence-electron chi connectivity index (χ0n) is 13.3. The molecule has 2 heterocycles. The Kier molecular flexibility index (Phi) is 4.53. The number of halogens is 1. The number of carbonyl (C=O) groups is 1. The van der Waals surface area contributed by atoms with Gasteiger partial charge in [0.25, 0.3) is 11.8 Å². The van der Waals surface area contributed by atoms with Gasteiger partial charge >= 0.3 is 0 Å². The van der Waals surface area contributed by atoms with E-state index < -0.39 is 0 Å². The molecule has 128 valence electrons. The van der Waals surface area contributed by atoms with Crippen molar-refractivity contribution in [2.45, 2.75) is 0 Å². The van der Waals surface area contributed by atoms with Crippen molar-refractivity contribution in [3.05, 3.63) is 76.1 Å². The highest BCUT2D eigenvalue weighted by Crippen LogP contribution is 2.25. The zero-order valence-corrected chi connectivity index (χ0v) is 15.5. The summed E-state index contributed by atoms with van der Waals surface area (Å²) < 4.78 is 11.9. The number of amides is 1. The molecule has 0 radical (unpaired) electrons. The van der Waals surface area contributed by atoms with Crippen molar-refractivity contribution < 1.29 is 13.6 Å². The van der Waals surface area contributed by atoms with Crippen molar-refractivity contribution in [2.24, 2.45) is 0 Å². The summed E-state index contributed by atoms with van der Waals surface area (Å²) in [7, 11) is 0. The molecule has 4 rings (SSSR count). The van der Waals surface area contributed by atoms with E-state index in [1.807, 2.05) is 24.3 Å². The van der Waals surface area contributed by atoms with Crippen LogP contribution in [0.15, 0.2) is 75.8 Å². The second-order valence-corrected chi connectivity index (χ2v) is 6.67. The molecular weight excluding hydrogens is 445 g/mol. The van der Waals surface area contributed by atoms with Crippen LogP contribution in [0.5, 0.6) is 0 Å². The van der Waals surface area contributed by atoms with Gasteiger partial charge in [0.15, 0.2) is 5.76 Å². The molecule has 0 atom stereocenters. The number of nitrogens with one attached hydrogen (secondary N) is 1. The van der Waals surface area contributed by atoms with E-state index in [2.05, 4.69) is 38.1 Å². The normalized spacial score (nSPS) is 10.7. The fourth-order valence-corrected chi connectivity index (χ4v) is 2.70. The number of carbonyl (C=O) groups excluding carboxylic acids is 1. The van der Waals surface area contributed by atoms with Gasteiger partial charge in [0.2, 0.25) is 5.89 Å². The first-order valence-electron chi connectivity index (χ1n) is 7.74.